The second kappa shape index (κ2) is 10.9. The lowest BCUT2D eigenvalue weighted by atomic mass is 9.78. The van der Waals surface area contributed by atoms with E-state index in [-0.39, 0.29) is 10.8 Å². The fourth-order valence-electron chi connectivity index (χ4n) is 9.63. The van der Waals surface area contributed by atoms with Gasteiger partial charge < -0.3 is 0 Å². The summed E-state index contributed by atoms with van der Waals surface area (Å²) in [7, 11) is 0. The number of hydrogen-bond acceptors (Lipinski definition) is 2. The molecule has 1 nitrogen and oxygen atoms in total. The number of thiazole rings is 1. The van der Waals surface area contributed by atoms with Crippen molar-refractivity contribution in [1.82, 2.24) is 4.98 Å². The van der Waals surface area contributed by atoms with E-state index in [1.165, 1.54) is 93.0 Å². The van der Waals surface area contributed by atoms with Crippen LogP contribution in [0.5, 0.6) is 0 Å². The van der Waals surface area contributed by atoms with Crippen molar-refractivity contribution in [2.24, 2.45) is 0 Å². The Morgan fingerprint density at radius 2 is 0.906 bits per heavy atom. The number of rotatable bonds is 3. The van der Waals surface area contributed by atoms with Crippen LogP contribution in [0.3, 0.4) is 0 Å². The highest BCUT2D eigenvalue weighted by molar-refractivity contribution is 7.21. The van der Waals surface area contributed by atoms with Gasteiger partial charge in [0.1, 0.15) is 5.01 Å². The van der Waals surface area contributed by atoms with Crippen molar-refractivity contribution >= 4 is 43.1 Å². The number of fused-ring (bicyclic) bond motifs is 9. The van der Waals surface area contributed by atoms with Gasteiger partial charge in [0.2, 0.25) is 0 Å². The Morgan fingerprint density at radius 1 is 0.396 bits per heavy atom. The molecule has 0 saturated carbocycles. The maximum atomic E-state index is 4.97. The van der Waals surface area contributed by atoms with Crippen molar-refractivity contribution in [2.75, 3.05) is 0 Å². The van der Waals surface area contributed by atoms with Crippen molar-refractivity contribution in [2.45, 2.75) is 38.5 Å². The molecule has 53 heavy (non-hydrogen) atoms. The summed E-state index contributed by atoms with van der Waals surface area (Å²) in [4.78, 5) is 4.97. The van der Waals surface area contributed by atoms with Gasteiger partial charge in [-0.15, -0.1) is 11.3 Å². The molecule has 0 unspecified atom stereocenters. The van der Waals surface area contributed by atoms with Gasteiger partial charge in [-0.05, 0) is 119 Å². The molecule has 0 spiro atoms. The van der Waals surface area contributed by atoms with Gasteiger partial charge in [-0.3, -0.25) is 0 Å². The minimum absolute atomic E-state index is 0.0800. The lowest BCUT2D eigenvalue weighted by Crippen LogP contribution is -2.15. The number of benzene rings is 8. The minimum atomic E-state index is -0.107. The van der Waals surface area contributed by atoms with Crippen molar-refractivity contribution in [3.05, 3.63) is 174 Å². The van der Waals surface area contributed by atoms with Gasteiger partial charge in [0.15, 0.2) is 0 Å². The van der Waals surface area contributed by atoms with Crippen LogP contribution in [0.2, 0.25) is 0 Å². The number of hydrogen-bond donors (Lipinski definition) is 0. The summed E-state index contributed by atoms with van der Waals surface area (Å²) in [5, 5.41) is 6.21. The first-order valence-electron chi connectivity index (χ1n) is 18.6. The van der Waals surface area contributed by atoms with Gasteiger partial charge in [0, 0.05) is 16.4 Å². The Balaban J connectivity index is 1.20. The van der Waals surface area contributed by atoms with Crippen LogP contribution in [0.1, 0.15) is 49.9 Å². The summed E-state index contributed by atoms with van der Waals surface area (Å²) < 4.78 is 1.22. The van der Waals surface area contributed by atoms with E-state index in [1.807, 2.05) is 0 Å². The van der Waals surface area contributed by atoms with Crippen LogP contribution in [0.15, 0.2) is 152 Å². The van der Waals surface area contributed by atoms with E-state index in [0.717, 1.165) is 16.1 Å². The van der Waals surface area contributed by atoms with Crippen LogP contribution in [-0.4, -0.2) is 4.98 Å². The third-order valence-electron chi connectivity index (χ3n) is 12.3. The molecule has 0 fully saturated rings. The fourth-order valence-corrected chi connectivity index (χ4v) is 10.6. The molecule has 0 amide bonds. The predicted octanol–water partition coefficient (Wildman–Crippen LogP) is 14.2. The van der Waals surface area contributed by atoms with E-state index in [2.05, 4.69) is 179 Å². The summed E-state index contributed by atoms with van der Waals surface area (Å²) in [5.41, 5.74) is 18.1. The zero-order chi connectivity index (χ0) is 35.6. The van der Waals surface area contributed by atoms with E-state index in [4.69, 9.17) is 4.98 Å². The molecule has 1 heterocycles. The van der Waals surface area contributed by atoms with Crippen LogP contribution in [0, 0.1) is 0 Å². The summed E-state index contributed by atoms with van der Waals surface area (Å²) >= 11 is 1.76. The first-order valence-corrected chi connectivity index (χ1v) is 19.4. The molecule has 0 bridgehead atoms. The van der Waals surface area contributed by atoms with E-state index in [1.54, 1.807) is 11.3 Å². The number of nitrogens with zero attached hydrogens (tertiary/aromatic N) is 1. The van der Waals surface area contributed by atoms with Crippen LogP contribution >= 0.6 is 11.3 Å². The first kappa shape index (κ1) is 30.8. The Hall–Kier alpha value is -5.83. The molecule has 0 aliphatic heterocycles. The number of para-hydroxylation sites is 1. The van der Waals surface area contributed by atoms with Gasteiger partial charge in [-0.25, -0.2) is 4.98 Å². The molecular formula is C51H37NS. The second-order valence-corrected chi connectivity index (χ2v) is 16.9. The van der Waals surface area contributed by atoms with E-state index >= 15 is 0 Å². The zero-order valence-electron chi connectivity index (χ0n) is 30.3. The quantitative estimate of drug-likeness (QED) is 0.168. The van der Waals surface area contributed by atoms with E-state index < -0.39 is 0 Å². The summed E-state index contributed by atoms with van der Waals surface area (Å²) in [6.07, 6.45) is 0. The third kappa shape index (κ3) is 4.27. The Labute approximate surface area is 314 Å². The normalized spacial score (nSPS) is 14.7. The minimum Gasteiger partial charge on any atom is -0.236 e. The van der Waals surface area contributed by atoms with Gasteiger partial charge in [0.25, 0.3) is 0 Å². The fraction of sp³-hybridized carbons (Fsp3) is 0.118. The zero-order valence-corrected chi connectivity index (χ0v) is 31.1. The van der Waals surface area contributed by atoms with Crippen molar-refractivity contribution in [1.29, 1.82) is 0 Å². The average Bonchev–Trinajstić information content (AvgIpc) is 3.80. The molecule has 0 N–H and O–H groups in total. The molecule has 252 valence electrons. The van der Waals surface area contributed by atoms with Gasteiger partial charge >= 0.3 is 0 Å². The van der Waals surface area contributed by atoms with Crippen LogP contribution in [0.25, 0.3) is 86.8 Å². The lowest BCUT2D eigenvalue weighted by Gasteiger charge is -2.25. The van der Waals surface area contributed by atoms with Crippen LogP contribution < -0.4 is 0 Å². The standard InChI is InChI=1S/C51H37NS/c1-50(2)41-17-9-7-13-33(41)35-26-25-32(27-43(35)50)48-37-16-6-5-15-36(37)47(30-21-23-31(24-22-30)49-52-45-19-11-12-20-46(45)53-49)39-28-38-34-14-8-10-18-42(34)51(3,4)44(38)29-40(39)48/h5-29H,1-4H3. The second-order valence-electron chi connectivity index (χ2n) is 15.9. The molecule has 8 aromatic carbocycles. The summed E-state index contributed by atoms with van der Waals surface area (Å²) in [6, 6.07) is 56.8. The maximum Gasteiger partial charge on any atom is 0.124 e. The van der Waals surface area contributed by atoms with Crippen LogP contribution in [-0.2, 0) is 10.8 Å². The molecule has 0 atom stereocenters. The Kier molecular flexibility index (Phi) is 6.30. The van der Waals surface area contributed by atoms with Gasteiger partial charge in [-0.2, -0.15) is 0 Å². The van der Waals surface area contributed by atoms with Gasteiger partial charge in [-0.1, -0.05) is 149 Å². The Bertz CT molecular complexity index is 2960. The highest BCUT2D eigenvalue weighted by atomic mass is 32.1. The topological polar surface area (TPSA) is 12.9 Å². The molecule has 2 heteroatoms. The molecule has 2 aliphatic carbocycles. The molecular weight excluding hydrogens is 659 g/mol. The molecule has 0 radical (unpaired) electrons. The maximum absolute atomic E-state index is 4.97. The van der Waals surface area contributed by atoms with E-state index in [9.17, 15) is 0 Å². The highest BCUT2D eigenvalue weighted by Crippen LogP contribution is 2.55. The smallest absolute Gasteiger partial charge is 0.124 e. The molecule has 1 aromatic heterocycles. The van der Waals surface area contributed by atoms with Crippen molar-refractivity contribution in [3.63, 3.8) is 0 Å². The van der Waals surface area contributed by atoms with E-state index in [0.29, 0.717) is 0 Å². The lowest BCUT2D eigenvalue weighted by molar-refractivity contribution is 0.660. The largest absolute Gasteiger partial charge is 0.236 e. The van der Waals surface area contributed by atoms with Gasteiger partial charge in [0.05, 0.1) is 10.2 Å². The van der Waals surface area contributed by atoms with Crippen molar-refractivity contribution in [3.8, 4) is 55.1 Å². The molecule has 2 aliphatic rings. The molecule has 9 aromatic rings. The van der Waals surface area contributed by atoms with Crippen LogP contribution in [0.4, 0.5) is 0 Å². The number of aromatic nitrogens is 1. The first-order chi connectivity index (χ1) is 25.8. The average molecular weight is 696 g/mol. The molecule has 11 rings (SSSR count). The molecule has 0 saturated heterocycles. The monoisotopic (exact) mass is 695 g/mol. The highest BCUT2D eigenvalue weighted by Gasteiger charge is 2.37. The summed E-state index contributed by atoms with van der Waals surface area (Å²) in [5.74, 6) is 0. The Morgan fingerprint density at radius 3 is 1.60 bits per heavy atom. The predicted molar refractivity (Wildman–Crippen MR) is 226 cm³/mol. The SMILES string of the molecule is CC1(C)c2ccccc2-c2ccc(-c3c4ccccc4c(-c4ccc(-c5nc6ccccc6s5)cc4)c4cc5c(cc34)C(C)(C)c3ccccc3-5)cc21. The summed E-state index contributed by atoms with van der Waals surface area (Å²) in [6.45, 7) is 9.54. The van der Waals surface area contributed by atoms with Crippen molar-refractivity contribution < 1.29 is 0 Å². The third-order valence-corrected chi connectivity index (χ3v) is 13.4.